The second-order valence-electron chi connectivity index (χ2n) is 18.8. The monoisotopic (exact) mass is 751 g/mol. The summed E-state index contributed by atoms with van der Waals surface area (Å²) in [5, 5.41) is 72.3. The number of piperidine rings is 2. The number of fused-ring (bicyclic) bond motifs is 5. The van der Waals surface area contributed by atoms with Gasteiger partial charge in [0.1, 0.15) is 11.7 Å². The minimum Gasteiger partial charge on any atom is -0.462 e. The zero-order chi connectivity index (χ0) is 39.0. The molecule has 14 heteroatoms. The van der Waals surface area contributed by atoms with E-state index in [1.54, 1.807) is 13.8 Å². The highest BCUT2D eigenvalue weighted by Crippen LogP contribution is 2.77. The number of carbonyl (C=O) groups is 3. The molecule has 19 atom stereocenters. The summed E-state index contributed by atoms with van der Waals surface area (Å²) in [5.74, 6) is -8.68. The van der Waals surface area contributed by atoms with Crippen LogP contribution in [0.4, 0.5) is 0 Å². The largest absolute Gasteiger partial charge is 0.462 e. The van der Waals surface area contributed by atoms with Gasteiger partial charge in [0.25, 0.3) is 0 Å². The van der Waals surface area contributed by atoms with Gasteiger partial charge in [0, 0.05) is 43.3 Å². The number of esters is 3. The molecule has 0 unspecified atom stereocenters. The predicted octanol–water partition coefficient (Wildman–Crippen LogP) is 1.04. The lowest BCUT2D eigenvalue weighted by atomic mass is 9.49. The number of rotatable bonds is 7. The van der Waals surface area contributed by atoms with E-state index in [1.165, 1.54) is 13.8 Å². The molecule has 4 aliphatic carbocycles. The maximum absolute atomic E-state index is 13.7. The topological polar surface area (TPSA) is 213 Å². The fraction of sp³-hybridized carbons (Fsp3) is 0.923. The molecule has 4 bridgehead atoms. The summed E-state index contributed by atoms with van der Waals surface area (Å²) in [6.45, 7) is 14.2. The highest BCUT2D eigenvalue weighted by molar-refractivity contribution is 5.79. The Kier molecular flexibility index (Phi) is 9.31. The third-order valence-electron chi connectivity index (χ3n) is 15.8. The van der Waals surface area contributed by atoms with Gasteiger partial charge < -0.3 is 49.6 Å². The van der Waals surface area contributed by atoms with E-state index in [2.05, 4.69) is 11.8 Å². The van der Waals surface area contributed by atoms with Crippen LogP contribution in [0.2, 0.25) is 0 Å². The predicted molar refractivity (Wildman–Crippen MR) is 185 cm³/mol. The van der Waals surface area contributed by atoms with Crippen LogP contribution in [0.3, 0.4) is 0 Å². The van der Waals surface area contributed by atoms with Crippen molar-refractivity contribution in [2.75, 3.05) is 13.1 Å². The number of aliphatic hydroxyl groups excluding tert-OH is 2. The van der Waals surface area contributed by atoms with Crippen LogP contribution < -0.4 is 0 Å². The molecule has 0 radical (unpaired) electrons. The Morgan fingerprint density at radius 1 is 1.04 bits per heavy atom. The van der Waals surface area contributed by atoms with Crippen LogP contribution in [0.1, 0.15) is 100 Å². The van der Waals surface area contributed by atoms with Crippen LogP contribution in [-0.4, -0.2) is 131 Å². The van der Waals surface area contributed by atoms with E-state index in [-0.39, 0.29) is 25.3 Å². The highest BCUT2D eigenvalue weighted by atomic mass is 16.7. The van der Waals surface area contributed by atoms with Crippen molar-refractivity contribution in [3.05, 3.63) is 0 Å². The van der Waals surface area contributed by atoms with E-state index < -0.39 is 118 Å². The van der Waals surface area contributed by atoms with Crippen LogP contribution >= 0.6 is 0 Å². The van der Waals surface area contributed by atoms with Gasteiger partial charge in [-0.05, 0) is 83.5 Å². The van der Waals surface area contributed by atoms with Crippen LogP contribution in [0.5, 0.6) is 0 Å². The first-order valence-corrected chi connectivity index (χ1v) is 19.8. The summed E-state index contributed by atoms with van der Waals surface area (Å²) in [5.41, 5.74) is -8.08. The molecule has 7 fully saturated rings. The molecule has 4 saturated carbocycles. The van der Waals surface area contributed by atoms with Crippen molar-refractivity contribution in [2.24, 2.45) is 46.8 Å². The van der Waals surface area contributed by atoms with Gasteiger partial charge in [0.2, 0.25) is 5.79 Å². The average Bonchev–Trinajstić information content (AvgIpc) is 3.34. The van der Waals surface area contributed by atoms with Gasteiger partial charge in [-0.15, -0.1) is 0 Å². The van der Waals surface area contributed by atoms with E-state index >= 15 is 0 Å². The molecule has 0 aromatic rings. The van der Waals surface area contributed by atoms with Crippen LogP contribution in [0.15, 0.2) is 0 Å². The average molecular weight is 752 g/mol. The van der Waals surface area contributed by atoms with E-state index in [0.29, 0.717) is 25.3 Å². The SMILES string of the molecule is CC[C@@H](C)C(=O)O[C@H]1[C@H](O)[C@H]2[C@@H](CN3C[C@@H](C)CC[C@H]3[C@@]2(C)O)[C@@H]2C[C@]34O[C@]5(O)[C@@H](OC(=O)[C@](C)(O)[C@@H](C)O)CC[C@@]3(C)[C@@H]5C[C@@H](OC(C)=O)[C@H]4[C@@]21O. The fourth-order valence-electron chi connectivity index (χ4n) is 12.8. The lowest BCUT2D eigenvalue weighted by Crippen LogP contribution is -2.77. The Hall–Kier alpha value is -1.91. The van der Waals surface area contributed by atoms with Gasteiger partial charge in [-0.2, -0.15) is 0 Å². The van der Waals surface area contributed by atoms with Crippen molar-refractivity contribution in [3.8, 4) is 0 Å². The van der Waals surface area contributed by atoms with Gasteiger partial charge in [0.05, 0.1) is 35.2 Å². The van der Waals surface area contributed by atoms with Crippen LogP contribution in [-0.2, 0) is 33.3 Å². The first-order chi connectivity index (χ1) is 24.5. The van der Waals surface area contributed by atoms with E-state index in [1.807, 2.05) is 13.8 Å². The maximum atomic E-state index is 13.7. The quantitative estimate of drug-likeness (QED) is 0.159. The highest BCUT2D eigenvalue weighted by Gasteiger charge is 2.88. The van der Waals surface area contributed by atoms with Crippen molar-refractivity contribution >= 4 is 17.9 Å². The number of hydrogen-bond donors (Lipinski definition) is 6. The molecular weight excluding hydrogens is 690 g/mol. The molecule has 7 aliphatic rings. The molecular formula is C39H61NO13. The normalized spacial score (nSPS) is 52.1. The molecule has 6 N–H and O–H groups in total. The third kappa shape index (κ3) is 5.21. The zero-order valence-corrected chi connectivity index (χ0v) is 32.4. The van der Waals surface area contributed by atoms with Crippen molar-refractivity contribution in [1.29, 1.82) is 0 Å². The van der Waals surface area contributed by atoms with Gasteiger partial charge in [-0.25, -0.2) is 4.79 Å². The standard InChI is InChI=1S/C39H61NO13/c1-9-19(3)32(44)52-31-29(43)28-22(17-40-16-18(2)10-11-26(40)36(28,8)47)23-15-37-30(38(23,31)48)24(50-21(5)42)14-25-34(37,6)13-12-27(39(25,49)53-37)51-33(45)35(7,46)20(4)41/h18-20,22-31,41,43,46-49H,9-17H2,1-8H3/t18-,19+,20+,22-,23-,24+,25-,26-,27-,28+,29+,30+,31-,34-,35+,36+,37+,38-,39-/m0/s1. The van der Waals surface area contributed by atoms with Crippen molar-refractivity contribution in [2.45, 2.75) is 165 Å². The molecule has 7 rings (SSSR count). The Morgan fingerprint density at radius 2 is 1.72 bits per heavy atom. The minimum atomic E-state index is -2.27. The van der Waals surface area contributed by atoms with Crippen molar-refractivity contribution in [1.82, 2.24) is 4.90 Å². The summed E-state index contributed by atoms with van der Waals surface area (Å²) >= 11 is 0. The third-order valence-corrected chi connectivity index (χ3v) is 15.8. The molecule has 0 aromatic carbocycles. The Balaban J connectivity index is 1.38. The summed E-state index contributed by atoms with van der Waals surface area (Å²) in [7, 11) is 0. The first kappa shape index (κ1) is 39.3. The summed E-state index contributed by atoms with van der Waals surface area (Å²) in [6, 6.07) is -0.263. The van der Waals surface area contributed by atoms with E-state index in [0.717, 1.165) is 26.3 Å². The molecule has 3 heterocycles. The van der Waals surface area contributed by atoms with Gasteiger partial charge in [-0.3, -0.25) is 14.5 Å². The zero-order valence-electron chi connectivity index (χ0n) is 32.4. The number of hydrogen-bond acceptors (Lipinski definition) is 14. The lowest BCUT2D eigenvalue weighted by molar-refractivity contribution is -0.301. The van der Waals surface area contributed by atoms with E-state index in [4.69, 9.17) is 18.9 Å². The second kappa shape index (κ2) is 12.5. The lowest BCUT2D eigenvalue weighted by Gasteiger charge is -2.64. The number of carbonyl (C=O) groups excluding carboxylic acids is 3. The minimum absolute atomic E-state index is 0.00543. The number of aliphatic hydroxyl groups is 6. The molecule has 0 aromatic heterocycles. The number of ether oxygens (including phenoxy) is 4. The summed E-state index contributed by atoms with van der Waals surface area (Å²) < 4.78 is 25.0. The first-order valence-electron chi connectivity index (χ1n) is 19.8. The van der Waals surface area contributed by atoms with Crippen molar-refractivity contribution < 1.29 is 64.0 Å². The van der Waals surface area contributed by atoms with Gasteiger partial charge in [0.15, 0.2) is 17.8 Å². The second-order valence-corrected chi connectivity index (χ2v) is 18.8. The molecule has 3 saturated heterocycles. The van der Waals surface area contributed by atoms with Gasteiger partial charge >= 0.3 is 17.9 Å². The molecule has 53 heavy (non-hydrogen) atoms. The van der Waals surface area contributed by atoms with Crippen LogP contribution in [0, 0.1) is 46.8 Å². The fourth-order valence-corrected chi connectivity index (χ4v) is 12.8. The Morgan fingerprint density at radius 3 is 2.34 bits per heavy atom. The Bertz CT molecular complexity index is 1500. The smallest absolute Gasteiger partial charge is 0.341 e. The molecule has 14 nitrogen and oxygen atoms in total. The molecule has 300 valence electrons. The van der Waals surface area contributed by atoms with Crippen LogP contribution in [0.25, 0.3) is 0 Å². The Labute approximate surface area is 311 Å². The molecule has 0 amide bonds. The summed E-state index contributed by atoms with van der Waals surface area (Å²) in [6.07, 6.45) is -4.20. The number of nitrogens with zero attached hydrogens (tertiary/aromatic N) is 1. The van der Waals surface area contributed by atoms with Crippen molar-refractivity contribution in [3.63, 3.8) is 0 Å². The maximum Gasteiger partial charge on any atom is 0.341 e. The summed E-state index contributed by atoms with van der Waals surface area (Å²) in [4.78, 5) is 42.0. The van der Waals surface area contributed by atoms with Gasteiger partial charge in [-0.1, -0.05) is 27.7 Å². The van der Waals surface area contributed by atoms with E-state index in [9.17, 15) is 45.0 Å². The molecule has 3 aliphatic heterocycles. The molecule has 1 spiro atoms.